The molecule has 1 aromatic heterocycles. The summed E-state index contributed by atoms with van der Waals surface area (Å²) in [5.74, 6) is -0.960. The van der Waals surface area contributed by atoms with Crippen molar-refractivity contribution in [1.29, 1.82) is 0 Å². The van der Waals surface area contributed by atoms with E-state index in [-0.39, 0.29) is 12.5 Å². The second-order valence-corrected chi connectivity index (χ2v) is 7.23. The Labute approximate surface area is 138 Å². The number of carbonyl (C=O) groups is 2. The van der Waals surface area contributed by atoms with Crippen molar-refractivity contribution in [3.05, 3.63) is 40.2 Å². The third kappa shape index (κ3) is 2.99. The van der Waals surface area contributed by atoms with Crippen LogP contribution in [0, 0.1) is 12.3 Å². The second kappa shape index (κ2) is 5.77. The molecule has 23 heavy (non-hydrogen) atoms. The molecular weight excluding hydrogens is 312 g/mol. The first kappa shape index (κ1) is 15.7. The maximum Gasteiger partial charge on any atom is 0.311 e. The first-order chi connectivity index (χ1) is 10.9. The van der Waals surface area contributed by atoms with Gasteiger partial charge in [0.25, 0.3) is 5.91 Å². The highest BCUT2D eigenvalue weighted by atomic mass is 32.1. The topological polar surface area (TPSA) is 70.5 Å². The van der Waals surface area contributed by atoms with E-state index < -0.39 is 11.4 Å². The van der Waals surface area contributed by atoms with E-state index >= 15 is 0 Å². The van der Waals surface area contributed by atoms with Gasteiger partial charge in [-0.05, 0) is 32.4 Å². The SMILES string of the molecule is Cc1nc(-c2ccc(C(=O)N3CCC(C)(C(=O)O)C3)cc2)cs1. The van der Waals surface area contributed by atoms with E-state index in [1.54, 1.807) is 35.3 Å². The van der Waals surface area contributed by atoms with E-state index in [0.29, 0.717) is 18.5 Å². The number of rotatable bonds is 3. The summed E-state index contributed by atoms with van der Waals surface area (Å²) < 4.78 is 0. The van der Waals surface area contributed by atoms with Crippen LogP contribution in [0.2, 0.25) is 0 Å². The molecule has 2 aromatic rings. The smallest absolute Gasteiger partial charge is 0.311 e. The molecule has 2 heterocycles. The van der Waals surface area contributed by atoms with Crippen molar-refractivity contribution in [2.45, 2.75) is 20.3 Å². The number of aliphatic carboxylic acids is 1. The Hall–Kier alpha value is -2.21. The van der Waals surface area contributed by atoms with Gasteiger partial charge in [-0.15, -0.1) is 11.3 Å². The fourth-order valence-electron chi connectivity index (χ4n) is 2.77. The van der Waals surface area contributed by atoms with Crippen molar-refractivity contribution in [3.63, 3.8) is 0 Å². The Morgan fingerprint density at radius 3 is 2.52 bits per heavy atom. The van der Waals surface area contributed by atoms with E-state index in [4.69, 9.17) is 0 Å². The van der Waals surface area contributed by atoms with Crippen molar-refractivity contribution in [2.24, 2.45) is 5.41 Å². The molecule has 0 radical (unpaired) electrons. The fourth-order valence-corrected chi connectivity index (χ4v) is 3.39. The molecule has 1 aliphatic heterocycles. The number of aromatic nitrogens is 1. The molecule has 1 unspecified atom stereocenters. The zero-order chi connectivity index (χ0) is 16.6. The Balaban J connectivity index is 1.75. The van der Waals surface area contributed by atoms with Crippen molar-refractivity contribution < 1.29 is 14.7 Å². The summed E-state index contributed by atoms with van der Waals surface area (Å²) in [7, 11) is 0. The molecule has 1 N–H and O–H groups in total. The molecule has 120 valence electrons. The molecule has 5 nitrogen and oxygen atoms in total. The van der Waals surface area contributed by atoms with Gasteiger partial charge in [0, 0.05) is 29.6 Å². The molecule has 1 aromatic carbocycles. The maximum absolute atomic E-state index is 12.5. The fraction of sp³-hybridized carbons (Fsp3) is 0.353. The highest BCUT2D eigenvalue weighted by Gasteiger charge is 2.42. The van der Waals surface area contributed by atoms with Gasteiger partial charge < -0.3 is 10.0 Å². The molecule has 1 atom stereocenters. The first-order valence-corrected chi connectivity index (χ1v) is 8.32. The molecule has 1 amide bonds. The van der Waals surface area contributed by atoms with Crippen LogP contribution in [0.1, 0.15) is 28.7 Å². The van der Waals surface area contributed by atoms with Crippen LogP contribution in [0.3, 0.4) is 0 Å². The molecule has 3 rings (SSSR count). The van der Waals surface area contributed by atoms with Gasteiger partial charge in [0.15, 0.2) is 0 Å². The third-order valence-electron chi connectivity index (χ3n) is 4.32. The van der Waals surface area contributed by atoms with Crippen molar-refractivity contribution in [2.75, 3.05) is 13.1 Å². The number of thiazole rings is 1. The molecular formula is C17H18N2O3S. The number of amides is 1. The zero-order valence-corrected chi connectivity index (χ0v) is 13.9. The highest BCUT2D eigenvalue weighted by Crippen LogP contribution is 2.31. The lowest BCUT2D eigenvalue weighted by Gasteiger charge is -2.20. The summed E-state index contributed by atoms with van der Waals surface area (Å²) in [5.41, 5.74) is 1.62. The number of nitrogens with zero attached hydrogens (tertiary/aromatic N) is 2. The number of aryl methyl sites for hydroxylation is 1. The first-order valence-electron chi connectivity index (χ1n) is 7.44. The predicted octanol–water partition coefficient (Wildman–Crippen LogP) is 3.06. The maximum atomic E-state index is 12.5. The Bertz CT molecular complexity index is 753. The van der Waals surface area contributed by atoms with Crippen LogP contribution < -0.4 is 0 Å². The number of hydrogen-bond donors (Lipinski definition) is 1. The quantitative estimate of drug-likeness (QED) is 0.939. The van der Waals surface area contributed by atoms with Crippen LogP contribution in [0.5, 0.6) is 0 Å². The average Bonchev–Trinajstić information content (AvgIpc) is 3.14. The Kier molecular flexibility index (Phi) is 3.93. The van der Waals surface area contributed by atoms with Crippen LogP contribution >= 0.6 is 11.3 Å². The summed E-state index contributed by atoms with van der Waals surface area (Å²) in [6.45, 7) is 4.39. The Morgan fingerprint density at radius 1 is 1.30 bits per heavy atom. The van der Waals surface area contributed by atoms with Gasteiger partial charge in [-0.25, -0.2) is 4.98 Å². The van der Waals surface area contributed by atoms with E-state index in [2.05, 4.69) is 4.98 Å². The predicted molar refractivity (Wildman–Crippen MR) is 88.6 cm³/mol. The molecule has 6 heteroatoms. The second-order valence-electron chi connectivity index (χ2n) is 6.17. The number of carboxylic acid groups (broad SMARTS) is 1. The number of hydrogen-bond acceptors (Lipinski definition) is 4. The van der Waals surface area contributed by atoms with Gasteiger partial charge in [-0.3, -0.25) is 9.59 Å². The van der Waals surface area contributed by atoms with Crippen LogP contribution in [-0.4, -0.2) is 40.0 Å². The van der Waals surface area contributed by atoms with E-state index in [0.717, 1.165) is 16.3 Å². The summed E-state index contributed by atoms with van der Waals surface area (Å²) in [6, 6.07) is 7.33. The molecule has 0 spiro atoms. The molecule has 1 fully saturated rings. The van der Waals surface area contributed by atoms with Crippen molar-refractivity contribution in [3.8, 4) is 11.3 Å². The number of likely N-dealkylation sites (tertiary alicyclic amines) is 1. The lowest BCUT2D eigenvalue weighted by Crippen LogP contribution is -2.34. The normalized spacial score (nSPS) is 20.7. The monoisotopic (exact) mass is 330 g/mol. The van der Waals surface area contributed by atoms with Crippen molar-refractivity contribution >= 4 is 23.2 Å². The van der Waals surface area contributed by atoms with Gasteiger partial charge in [0.1, 0.15) is 0 Å². The summed E-state index contributed by atoms with van der Waals surface area (Å²) in [5, 5.41) is 12.3. The largest absolute Gasteiger partial charge is 0.481 e. The van der Waals surface area contributed by atoms with Gasteiger partial charge >= 0.3 is 5.97 Å². The summed E-state index contributed by atoms with van der Waals surface area (Å²) in [6.07, 6.45) is 0.490. The highest BCUT2D eigenvalue weighted by molar-refractivity contribution is 7.09. The van der Waals surface area contributed by atoms with Crippen molar-refractivity contribution in [1.82, 2.24) is 9.88 Å². The summed E-state index contributed by atoms with van der Waals surface area (Å²) >= 11 is 1.59. The van der Waals surface area contributed by atoms with Crippen LogP contribution in [0.4, 0.5) is 0 Å². The average molecular weight is 330 g/mol. The minimum absolute atomic E-state index is 0.115. The van der Waals surface area contributed by atoms with Gasteiger partial charge in [-0.1, -0.05) is 12.1 Å². The standard InChI is InChI=1S/C17H18N2O3S/c1-11-18-14(9-23-11)12-3-5-13(6-4-12)15(20)19-8-7-17(2,10-19)16(21)22/h3-6,9H,7-8,10H2,1-2H3,(H,21,22). The molecule has 0 aliphatic carbocycles. The molecule has 1 aliphatic rings. The third-order valence-corrected chi connectivity index (χ3v) is 5.10. The zero-order valence-electron chi connectivity index (χ0n) is 13.1. The minimum Gasteiger partial charge on any atom is -0.481 e. The number of carboxylic acids is 1. The van der Waals surface area contributed by atoms with E-state index in [9.17, 15) is 14.7 Å². The minimum atomic E-state index is -0.845. The Morgan fingerprint density at radius 2 is 2.00 bits per heavy atom. The van der Waals surface area contributed by atoms with E-state index in [1.807, 2.05) is 24.4 Å². The molecule has 1 saturated heterocycles. The van der Waals surface area contributed by atoms with E-state index in [1.165, 1.54) is 0 Å². The van der Waals surface area contributed by atoms with Crippen LogP contribution in [0.15, 0.2) is 29.6 Å². The van der Waals surface area contributed by atoms with Gasteiger partial charge in [0.2, 0.25) is 0 Å². The summed E-state index contributed by atoms with van der Waals surface area (Å²) in [4.78, 5) is 29.9. The van der Waals surface area contributed by atoms with Crippen LogP contribution in [-0.2, 0) is 4.79 Å². The number of benzene rings is 1. The molecule has 0 saturated carbocycles. The lowest BCUT2D eigenvalue weighted by molar-refractivity contribution is -0.147. The van der Waals surface area contributed by atoms with Gasteiger partial charge in [0.05, 0.1) is 16.1 Å². The molecule has 0 bridgehead atoms. The lowest BCUT2D eigenvalue weighted by atomic mass is 9.90. The number of carbonyl (C=O) groups excluding carboxylic acids is 1. The van der Waals surface area contributed by atoms with Crippen LogP contribution in [0.25, 0.3) is 11.3 Å². The van der Waals surface area contributed by atoms with Gasteiger partial charge in [-0.2, -0.15) is 0 Å².